The second kappa shape index (κ2) is 4.60. The van der Waals surface area contributed by atoms with E-state index in [0.29, 0.717) is 6.42 Å². The highest BCUT2D eigenvalue weighted by molar-refractivity contribution is 5.20. The first kappa shape index (κ1) is 13.9. The summed E-state index contributed by atoms with van der Waals surface area (Å²) in [5.41, 5.74) is 4.09. The van der Waals surface area contributed by atoms with Crippen molar-refractivity contribution in [3.05, 3.63) is 23.3 Å². The Bertz CT molecular complexity index is 394. The number of nitrogens with two attached hydrogens (primary N) is 1. The molecule has 0 radical (unpaired) electrons. The Morgan fingerprint density at radius 3 is 2.24 bits per heavy atom. The molecule has 2 N–H and O–H groups in total. The summed E-state index contributed by atoms with van der Waals surface area (Å²) in [7, 11) is 0. The maximum absolute atomic E-state index is 12.7. The fourth-order valence-electron chi connectivity index (χ4n) is 1.40. The molecule has 96 valence electrons. The average molecular weight is 247 g/mol. The topological polar surface area (TPSA) is 51.8 Å². The molecule has 0 aliphatic heterocycles. The standard InChI is InChI=1S/C11H16F3N3/c1-10(2,3)4-8-16-6-7(5-15)9(17-8)11(12,13)14/h6H,4-5,15H2,1-3H3. The molecule has 0 saturated heterocycles. The zero-order valence-corrected chi connectivity index (χ0v) is 10.1. The number of hydrogen-bond donors (Lipinski definition) is 1. The van der Waals surface area contributed by atoms with Gasteiger partial charge in [-0.05, 0) is 5.41 Å². The maximum Gasteiger partial charge on any atom is 0.433 e. The van der Waals surface area contributed by atoms with Crippen LogP contribution in [0.4, 0.5) is 13.2 Å². The van der Waals surface area contributed by atoms with Crippen molar-refractivity contribution in [2.75, 3.05) is 0 Å². The second-order valence-corrected chi connectivity index (χ2v) is 5.10. The highest BCUT2D eigenvalue weighted by atomic mass is 19.4. The molecule has 1 aromatic rings. The van der Waals surface area contributed by atoms with Crippen LogP contribution in [0.3, 0.4) is 0 Å². The van der Waals surface area contributed by atoms with Gasteiger partial charge in [0.25, 0.3) is 0 Å². The molecule has 0 unspecified atom stereocenters. The number of nitrogens with zero attached hydrogens (tertiary/aromatic N) is 2. The summed E-state index contributed by atoms with van der Waals surface area (Å²) in [6, 6.07) is 0. The zero-order chi connectivity index (χ0) is 13.3. The Labute approximate surface area is 98.3 Å². The van der Waals surface area contributed by atoms with Crippen molar-refractivity contribution in [1.29, 1.82) is 0 Å². The van der Waals surface area contributed by atoms with Crippen LogP contribution in [0, 0.1) is 5.41 Å². The number of rotatable bonds is 2. The first-order valence-electron chi connectivity index (χ1n) is 5.25. The van der Waals surface area contributed by atoms with Crippen molar-refractivity contribution in [3.63, 3.8) is 0 Å². The summed E-state index contributed by atoms with van der Waals surface area (Å²) in [5, 5.41) is 0. The monoisotopic (exact) mass is 247 g/mol. The fraction of sp³-hybridized carbons (Fsp3) is 0.636. The van der Waals surface area contributed by atoms with Crippen LogP contribution in [-0.2, 0) is 19.1 Å². The minimum atomic E-state index is -4.48. The van der Waals surface area contributed by atoms with E-state index >= 15 is 0 Å². The summed E-state index contributed by atoms with van der Waals surface area (Å²) < 4.78 is 38.1. The van der Waals surface area contributed by atoms with Gasteiger partial charge in [0.05, 0.1) is 0 Å². The minimum Gasteiger partial charge on any atom is -0.326 e. The Morgan fingerprint density at radius 2 is 1.82 bits per heavy atom. The summed E-state index contributed by atoms with van der Waals surface area (Å²) in [4.78, 5) is 7.50. The molecule has 0 aliphatic carbocycles. The number of aromatic nitrogens is 2. The minimum absolute atomic E-state index is 0.0739. The van der Waals surface area contributed by atoms with Crippen LogP contribution in [0.1, 0.15) is 37.9 Å². The van der Waals surface area contributed by atoms with Gasteiger partial charge >= 0.3 is 6.18 Å². The highest BCUT2D eigenvalue weighted by Gasteiger charge is 2.35. The maximum atomic E-state index is 12.7. The van der Waals surface area contributed by atoms with E-state index in [2.05, 4.69) is 9.97 Å². The molecule has 0 aromatic carbocycles. The number of hydrogen-bond acceptors (Lipinski definition) is 3. The Hall–Kier alpha value is -1.17. The molecule has 3 nitrogen and oxygen atoms in total. The van der Waals surface area contributed by atoms with Gasteiger partial charge in [-0.3, -0.25) is 0 Å². The molecule has 0 atom stereocenters. The van der Waals surface area contributed by atoms with E-state index in [1.165, 1.54) is 0 Å². The zero-order valence-electron chi connectivity index (χ0n) is 10.1. The molecule has 1 aromatic heterocycles. The van der Waals surface area contributed by atoms with Crippen LogP contribution in [0.15, 0.2) is 6.20 Å². The van der Waals surface area contributed by atoms with E-state index in [1.54, 1.807) is 0 Å². The van der Waals surface area contributed by atoms with Gasteiger partial charge in [-0.2, -0.15) is 13.2 Å². The predicted octanol–water partition coefficient (Wildman–Crippen LogP) is 2.54. The predicted molar refractivity (Wildman–Crippen MR) is 58.1 cm³/mol. The Balaban J connectivity index is 3.14. The van der Waals surface area contributed by atoms with Crippen molar-refractivity contribution < 1.29 is 13.2 Å². The lowest BCUT2D eigenvalue weighted by Crippen LogP contribution is -2.19. The van der Waals surface area contributed by atoms with Crippen LogP contribution < -0.4 is 5.73 Å². The molecule has 0 amide bonds. The van der Waals surface area contributed by atoms with Crippen molar-refractivity contribution in [1.82, 2.24) is 9.97 Å². The molecule has 17 heavy (non-hydrogen) atoms. The Kier molecular flexibility index (Phi) is 3.76. The lowest BCUT2D eigenvalue weighted by molar-refractivity contribution is -0.142. The van der Waals surface area contributed by atoms with Gasteiger partial charge in [0.1, 0.15) is 5.82 Å². The van der Waals surface area contributed by atoms with Crippen molar-refractivity contribution in [2.24, 2.45) is 11.1 Å². The normalized spacial score (nSPS) is 12.9. The smallest absolute Gasteiger partial charge is 0.326 e. The highest BCUT2D eigenvalue weighted by Crippen LogP contribution is 2.30. The first-order chi connectivity index (χ1) is 7.63. The third kappa shape index (κ3) is 3.96. The van der Waals surface area contributed by atoms with E-state index < -0.39 is 11.9 Å². The molecular formula is C11H16F3N3. The molecule has 1 heterocycles. The molecule has 0 saturated carbocycles. The van der Waals surface area contributed by atoms with Gasteiger partial charge in [-0.1, -0.05) is 20.8 Å². The Morgan fingerprint density at radius 1 is 1.24 bits per heavy atom. The molecule has 1 rings (SSSR count). The molecule has 0 bridgehead atoms. The number of halogens is 3. The number of alkyl halides is 3. The second-order valence-electron chi connectivity index (χ2n) is 5.10. The SMILES string of the molecule is CC(C)(C)Cc1ncc(CN)c(C(F)(F)F)n1. The third-order valence-corrected chi connectivity index (χ3v) is 2.09. The van der Waals surface area contributed by atoms with Crippen LogP contribution in [0.25, 0.3) is 0 Å². The van der Waals surface area contributed by atoms with Crippen LogP contribution in [-0.4, -0.2) is 9.97 Å². The summed E-state index contributed by atoms with van der Waals surface area (Å²) in [6.07, 6.45) is -2.93. The lowest BCUT2D eigenvalue weighted by Gasteiger charge is -2.18. The van der Waals surface area contributed by atoms with E-state index in [-0.39, 0.29) is 23.3 Å². The van der Waals surface area contributed by atoms with Gasteiger partial charge < -0.3 is 5.73 Å². The first-order valence-corrected chi connectivity index (χ1v) is 5.25. The van der Waals surface area contributed by atoms with Crippen LogP contribution in [0.2, 0.25) is 0 Å². The molecular weight excluding hydrogens is 231 g/mol. The molecule has 6 heteroatoms. The fourth-order valence-corrected chi connectivity index (χ4v) is 1.40. The molecule has 0 fully saturated rings. The molecule has 0 spiro atoms. The molecule has 0 aliphatic rings. The third-order valence-electron chi connectivity index (χ3n) is 2.09. The van der Waals surface area contributed by atoms with Gasteiger partial charge in [-0.25, -0.2) is 9.97 Å². The van der Waals surface area contributed by atoms with E-state index in [0.717, 1.165) is 6.20 Å². The largest absolute Gasteiger partial charge is 0.433 e. The van der Waals surface area contributed by atoms with E-state index in [9.17, 15) is 13.2 Å². The van der Waals surface area contributed by atoms with Gasteiger partial charge in [0.15, 0.2) is 5.69 Å². The van der Waals surface area contributed by atoms with Crippen molar-refractivity contribution in [3.8, 4) is 0 Å². The van der Waals surface area contributed by atoms with E-state index in [4.69, 9.17) is 5.73 Å². The van der Waals surface area contributed by atoms with Gasteiger partial charge in [0.2, 0.25) is 0 Å². The quantitative estimate of drug-likeness (QED) is 0.873. The van der Waals surface area contributed by atoms with Crippen molar-refractivity contribution in [2.45, 2.75) is 39.9 Å². The average Bonchev–Trinajstić information content (AvgIpc) is 2.13. The van der Waals surface area contributed by atoms with Crippen LogP contribution >= 0.6 is 0 Å². The van der Waals surface area contributed by atoms with Crippen molar-refractivity contribution >= 4 is 0 Å². The lowest BCUT2D eigenvalue weighted by atomic mass is 9.92. The van der Waals surface area contributed by atoms with Gasteiger partial charge in [-0.15, -0.1) is 0 Å². The van der Waals surface area contributed by atoms with E-state index in [1.807, 2.05) is 20.8 Å². The summed E-state index contributed by atoms with van der Waals surface area (Å²) >= 11 is 0. The summed E-state index contributed by atoms with van der Waals surface area (Å²) in [5.74, 6) is 0.196. The summed E-state index contributed by atoms with van der Waals surface area (Å²) in [6.45, 7) is 5.53. The van der Waals surface area contributed by atoms with Gasteiger partial charge in [0, 0.05) is 24.7 Å². The van der Waals surface area contributed by atoms with Crippen LogP contribution in [0.5, 0.6) is 0 Å².